The monoisotopic (exact) mass is 606 g/mol. The van der Waals surface area contributed by atoms with Gasteiger partial charge in [-0.15, -0.1) is 0 Å². The van der Waals surface area contributed by atoms with Crippen LogP contribution in [0.2, 0.25) is 0 Å². The highest BCUT2D eigenvalue weighted by molar-refractivity contribution is 5.83. The molecule has 6 rings (SSSR count). The van der Waals surface area contributed by atoms with E-state index in [9.17, 15) is 18.0 Å². The Morgan fingerprint density at radius 1 is 1.00 bits per heavy atom. The van der Waals surface area contributed by atoms with Gasteiger partial charge in [0.25, 0.3) is 0 Å². The van der Waals surface area contributed by atoms with Crippen LogP contribution in [-0.2, 0) is 21.4 Å². The van der Waals surface area contributed by atoms with E-state index in [2.05, 4.69) is 65.9 Å². The number of alkyl halides is 3. The van der Waals surface area contributed by atoms with Gasteiger partial charge in [0, 0.05) is 23.5 Å². The second kappa shape index (κ2) is 9.25. The van der Waals surface area contributed by atoms with Crippen LogP contribution in [0, 0.1) is 50.2 Å². The number of carbonyl (C=O) groups excluding carboxylic acids is 1. The van der Waals surface area contributed by atoms with Crippen LogP contribution in [0.4, 0.5) is 13.2 Å². The Bertz CT molecular complexity index is 1290. The Morgan fingerprint density at radius 3 is 2.33 bits per heavy atom. The summed E-state index contributed by atoms with van der Waals surface area (Å²) in [5, 5.41) is 6.61. The van der Waals surface area contributed by atoms with Crippen molar-refractivity contribution in [2.45, 2.75) is 131 Å². The van der Waals surface area contributed by atoms with E-state index in [0.29, 0.717) is 24.7 Å². The molecule has 8 heteroatoms. The minimum absolute atomic E-state index is 0.00248. The number of aromatic nitrogens is 1. The number of fused-ring (bicyclic) bond motifs is 8. The molecule has 0 saturated heterocycles. The third-order valence-corrected chi connectivity index (χ3v) is 15.2. The third-order valence-electron chi connectivity index (χ3n) is 15.2. The van der Waals surface area contributed by atoms with Gasteiger partial charge in [0.15, 0.2) is 0 Å². The standard InChI is InChI=1S/C35H53F3N2O3/c1-28(2)12-14-34(27(41)39-20-35(36,37)38)15-13-32(7)31(6)11-10-22-29(3,4)26-21(19-40-43-26)17-30(22,5)23(31)16-25(42-9)33(32,8)24(34)18-28/h19,22-25H,10-18,20H2,1-9H3,(H,39,41)/t22-,23+,24-,25+,30-,31+,32-,33-,34-/m0/s1. The molecular weight excluding hydrogens is 553 g/mol. The molecule has 242 valence electrons. The molecule has 0 unspecified atom stereocenters. The molecule has 0 radical (unpaired) electrons. The molecule has 0 aliphatic heterocycles. The number of nitrogens with zero attached hydrogens (tertiary/aromatic N) is 1. The van der Waals surface area contributed by atoms with E-state index in [0.717, 1.165) is 50.7 Å². The molecule has 43 heavy (non-hydrogen) atoms. The zero-order valence-corrected chi connectivity index (χ0v) is 27.8. The molecule has 1 aromatic rings. The summed E-state index contributed by atoms with van der Waals surface area (Å²) in [6.07, 6.45) is 5.10. The van der Waals surface area contributed by atoms with Crippen LogP contribution in [-0.4, -0.2) is 37.0 Å². The maximum atomic E-state index is 14.0. The van der Waals surface area contributed by atoms with Crippen molar-refractivity contribution in [2.75, 3.05) is 13.7 Å². The number of carbonyl (C=O) groups is 1. The molecule has 1 amide bonds. The number of hydrogen-bond acceptors (Lipinski definition) is 4. The van der Waals surface area contributed by atoms with E-state index in [-0.39, 0.29) is 44.5 Å². The van der Waals surface area contributed by atoms with E-state index < -0.39 is 24.0 Å². The minimum atomic E-state index is -4.43. The summed E-state index contributed by atoms with van der Waals surface area (Å²) in [7, 11) is 1.82. The van der Waals surface area contributed by atoms with Crippen LogP contribution >= 0.6 is 0 Å². The van der Waals surface area contributed by atoms with Gasteiger partial charge in [-0.1, -0.05) is 60.5 Å². The lowest BCUT2D eigenvalue weighted by Gasteiger charge is -2.77. The van der Waals surface area contributed by atoms with Gasteiger partial charge in [0.05, 0.1) is 17.7 Å². The smallest absolute Gasteiger partial charge is 0.381 e. The third kappa shape index (κ3) is 3.98. The van der Waals surface area contributed by atoms with Crippen molar-refractivity contribution in [3.8, 4) is 0 Å². The van der Waals surface area contributed by atoms with E-state index in [1.165, 1.54) is 5.56 Å². The van der Waals surface area contributed by atoms with Crippen molar-refractivity contribution < 1.29 is 27.2 Å². The lowest BCUT2D eigenvalue weighted by molar-refractivity contribution is -0.308. The fourth-order valence-corrected chi connectivity index (χ4v) is 12.8. The quantitative estimate of drug-likeness (QED) is 0.376. The average Bonchev–Trinajstić information content (AvgIpc) is 3.37. The molecule has 1 aromatic heterocycles. The van der Waals surface area contributed by atoms with Crippen LogP contribution in [0.3, 0.4) is 0 Å². The zero-order valence-electron chi connectivity index (χ0n) is 27.8. The van der Waals surface area contributed by atoms with Crippen LogP contribution in [0.5, 0.6) is 0 Å². The number of nitrogens with one attached hydrogen (secondary N) is 1. The SMILES string of the molecule is CO[C@@H]1C[C@@H]2[C@@]3(C)Cc4cnoc4C(C)(C)[C@@H]3CC[C@@]2(C)[C@]2(C)CC[C@@]3(C(=O)NCC(F)(F)F)CCC(C)(C)C[C@H]3[C@@]12C. The Morgan fingerprint density at radius 2 is 1.67 bits per heavy atom. The van der Waals surface area contributed by atoms with Gasteiger partial charge < -0.3 is 14.6 Å². The lowest BCUT2D eigenvalue weighted by atomic mass is 9.27. The van der Waals surface area contributed by atoms with Crippen LogP contribution in [0.1, 0.15) is 118 Å². The summed E-state index contributed by atoms with van der Waals surface area (Å²) in [6.45, 7) is 17.7. The van der Waals surface area contributed by atoms with E-state index in [1.54, 1.807) is 0 Å². The molecular formula is C35H53F3N2O3. The first-order valence-corrected chi connectivity index (χ1v) is 16.5. The molecule has 5 aliphatic carbocycles. The summed E-state index contributed by atoms with van der Waals surface area (Å²) < 4.78 is 52.4. The van der Waals surface area contributed by atoms with E-state index in [4.69, 9.17) is 9.26 Å². The predicted octanol–water partition coefficient (Wildman–Crippen LogP) is 8.26. The first-order chi connectivity index (χ1) is 19.7. The first-order valence-electron chi connectivity index (χ1n) is 16.5. The number of methoxy groups -OCH3 is 1. The molecule has 1 heterocycles. The molecule has 5 nitrogen and oxygen atoms in total. The van der Waals surface area contributed by atoms with Crippen molar-refractivity contribution >= 4 is 5.91 Å². The molecule has 9 atom stereocenters. The highest BCUT2D eigenvalue weighted by Crippen LogP contribution is 2.80. The number of ether oxygens (including phenoxy) is 1. The van der Waals surface area contributed by atoms with Crippen LogP contribution in [0.15, 0.2) is 10.7 Å². The minimum Gasteiger partial charge on any atom is -0.381 e. The van der Waals surface area contributed by atoms with Gasteiger partial charge in [-0.2, -0.15) is 13.2 Å². The molecule has 0 spiro atoms. The van der Waals surface area contributed by atoms with Crippen molar-refractivity contribution in [1.82, 2.24) is 10.5 Å². The van der Waals surface area contributed by atoms with Crippen LogP contribution in [0.25, 0.3) is 0 Å². The largest absolute Gasteiger partial charge is 0.405 e. The topological polar surface area (TPSA) is 64.4 Å². The molecule has 4 saturated carbocycles. The highest BCUT2D eigenvalue weighted by atomic mass is 19.4. The predicted molar refractivity (Wildman–Crippen MR) is 159 cm³/mol. The van der Waals surface area contributed by atoms with Gasteiger partial charge >= 0.3 is 6.18 Å². The Kier molecular flexibility index (Phi) is 6.76. The number of rotatable bonds is 3. The fourth-order valence-electron chi connectivity index (χ4n) is 12.8. The molecule has 1 N–H and O–H groups in total. The zero-order chi connectivity index (χ0) is 31.6. The van der Waals surface area contributed by atoms with Gasteiger partial charge in [-0.3, -0.25) is 4.79 Å². The second-order valence-electron chi connectivity index (χ2n) is 17.6. The maximum Gasteiger partial charge on any atom is 0.405 e. The number of hydrogen-bond donors (Lipinski definition) is 1. The number of halogens is 3. The van der Waals surface area contributed by atoms with Crippen molar-refractivity contribution in [3.63, 3.8) is 0 Å². The highest BCUT2D eigenvalue weighted by Gasteiger charge is 2.77. The fraction of sp³-hybridized carbons (Fsp3) is 0.886. The molecule has 0 bridgehead atoms. The van der Waals surface area contributed by atoms with Crippen LogP contribution < -0.4 is 5.32 Å². The van der Waals surface area contributed by atoms with Gasteiger partial charge in [-0.05, 0) is 97.2 Å². The molecule has 0 aromatic carbocycles. The molecule has 5 aliphatic rings. The Hall–Kier alpha value is -1.57. The van der Waals surface area contributed by atoms with Crippen molar-refractivity contribution in [3.05, 3.63) is 17.5 Å². The summed E-state index contributed by atoms with van der Waals surface area (Å²) in [4.78, 5) is 14.0. The summed E-state index contributed by atoms with van der Waals surface area (Å²) in [5.74, 6) is 1.38. The summed E-state index contributed by atoms with van der Waals surface area (Å²) >= 11 is 0. The van der Waals surface area contributed by atoms with E-state index >= 15 is 0 Å². The van der Waals surface area contributed by atoms with Crippen molar-refractivity contribution in [1.29, 1.82) is 0 Å². The van der Waals surface area contributed by atoms with Gasteiger partial charge in [0.1, 0.15) is 12.3 Å². The Labute approximate surface area is 255 Å². The average molecular weight is 607 g/mol. The van der Waals surface area contributed by atoms with Crippen molar-refractivity contribution in [2.24, 2.45) is 50.2 Å². The Balaban J connectivity index is 1.47. The van der Waals surface area contributed by atoms with E-state index in [1.807, 2.05) is 13.3 Å². The summed E-state index contributed by atoms with van der Waals surface area (Å²) in [6, 6.07) is 0. The lowest BCUT2D eigenvalue weighted by Crippen LogP contribution is -2.75. The first kappa shape index (κ1) is 31.4. The normalized spacial score (nSPS) is 46.4. The second-order valence-corrected chi connectivity index (χ2v) is 17.6. The summed E-state index contributed by atoms with van der Waals surface area (Å²) in [5.41, 5.74) is -0.285. The van der Waals surface area contributed by atoms with Gasteiger partial charge in [-0.25, -0.2) is 0 Å². The number of amides is 1. The van der Waals surface area contributed by atoms with Gasteiger partial charge in [0.2, 0.25) is 5.91 Å². The molecule has 4 fully saturated rings. The maximum absolute atomic E-state index is 14.0.